The zero-order valence-electron chi connectivity index (χ0n) is 43.5. The first-order valence-corrected chi connectivity index (χ1v) is 28.3. The van der Waals surface area contributed by atoms with Crippen molar-refractivity contribution in [3.63, 3.8) is 0 Å². The van der Waals surface area contributed by atoms with Gasteiger partial charge < -0.3 is 4.89 Å². The summed E-state index contributed by atoms with van der Waals surface area (Å²) < 4.78 is 18.9. The van der Waals surface area contributed by atoms with Crippen LogP contribution in [0.3, 0.4) is 0 Å². The standard InChI is InChI=1S/C58H97N2O4P/c1-46(2)17-11-19-48(5)21-13-23-50(7)25-15-27-52(9)33-39-62-65(61,63-40-34-53(10)28-16-26-51(8)24-14-22-49(6)20-12-18-47(3)4)64-58-44-56(41-54-29-35-59-36-30-54)43-57(45-58)42-55-31-37-60-38-32-55/h29-32,35-38,43-53H,11-28,33-34,39-42H2,1-10H3/p+2. The van der Waals surface area contributed by atoms with Crippen molar-refractivity contribution in [2.24, 2.45) is 47.3 Å². The second kappa shape index (κ2) is 33.2. The van der Waals surface area contributed by atoms with Gasteiger partial charge in [-0.1, -0.05) is 191 Å². The lowest BCUT2D eigenvalue weighted by molar-refractivity contribution is -0.378. The summed E-state index contributed by atoms with van der Waals surface area (Å²) in [6, 6.07) is 14.6. The molecule has 0 spiro atoms. The van der Waals surface area contributed by atoms with E-state index in [1.54, 1.807) is 0 Å². The van der Waals surface area contributed by atoms with Crippen LogP contribution in [-0.4, -0.2) is 13.2 Å². The normalized spacial score (nSPS) is 15.7. The van der Waals surface area contributed by atoms with E-state index in [1.165, 1.54) is 114 Å². The minimum Gasteiger partial charge on any atom is -0.598 e. The molecule has 7 heteroatoms. The van der Waals surface area contributed by atoms with Gasteiger partial charge in [0.15, 0.2) is 30.5 Å². The molecule has 6 unspecified atom stereocenters. The molecule has 6 nitrogen and oxygen atoms in total. The van der Waals surface area contributed by atoms with Gasteiger partial charge >= 0.3 is 8.17 Å². The number of phosphoric ester groups is 1. The monoisotopic (exact) mass is 919 g/mol. The average molecular weight is 919 g/mol. The fraction of sp³-hybridized carbons (Fsp3) is 0.724. The Morgan fingerprint density at radius 1 is 0.400 bits per heavy atom. The fourth-order valence-corrected chi connectivity index (χ4v) is 10.6. The molecular weight excluding hydrogens is 820 g/mol. The maximum Gasteiger partial charge on any atom is 0.429 e. The maximum atomic E-state index is 14.7. The van der Waals surface area contributed by atoms with Crippen LogP contribution in [0.2, 0.25) is 0 Å². The first kappa shape index (κ1) is 57.0. The number of aromatic amines is 2. The summed E-state index contributed by atoms with van der Waals surface area (Å²) in [5.41, 5.74) is 4.56. The molecule has 0 aliphatic rings. The maximum absolute atomic E-state index is 14.7. The smallest absolute Gasteiger partial charge is 0.429 e. The van der Waals surface area contributed by atoms with Crippen molar-refractivity contribution in [3.8, 4) is 5.75 Å². The number of pyridine rings is 2. The predicted molar refractivity (Wildman–Crippen MR) is 275 cm³/mol. The number of benzene rings is 1. The summed E-state index contributed by atoms with van der Waals surface area (Å²) in [4.78, 5) is 20.9. The Hall–Kier alpha value is -2.37. The largest absolute Gasteiger partial charge is 0.598 e. The second-order valence-corrected chi connectivity index (χ2v) is 23.5. The lowest BCUT2D eigenvalue weighted by Crippen LogP contribution is -2.23. The van der Waals surface area contributed by atoms with E-state index in [0.717, 1.165) is 85.2 Å². The van der Waals surface area contributed by atoms with Gasteiger partial charge in [0.05, 0.1) is 13.2 Å². The molecule has 0 saturated heterocycles. The van der Waals surface area contributed by atoms with Crippen LogP contribution in [0.4, 0.5) is 0 Å². The molecule has 0 saturated carbocycles. The zero-order valence-corrected chi connectivity index (χ0v) is 44.4. The molecule has 1 aromatic carbocycles. The molecule has 3 rings (SSSR count). The topological polar surface area (TPSA) is 79.0 Å². The van der Waals surface area contributed by atoms with Crippen LogP contribution >= 0.6 is 8.17 Å². The van der Waals surface area contributed by atoms with Gasteiger partial charge in [0.1, 0.15) is 0 Å². The lowest BCUT2D eigenvalue weighted by atomic mass is 9.91. The third-order valence-electron chi connectivity index (χ3n) is 13.9. The van der Waals surface area contributed by atoms with Crippen molar-refractivity contribution in [1.29, 1.82) is 0 Å². The molecule has 0 amide bonds. The molecule has 65 heavy (non-hydrogen) atoms. The fourth-order valence-electron chi connectivity index (χ4n) is 9.36. The van der Waals surface area contributed by atoms with Gasteiger partial charge in [-0.05, 0) is 107 Å². The highest BCUT2D eigenvalue weighted by Gasteiger charge is 2.35. The van der Waals surface area contributed by atoms with E-state index in [4.69, 9.17) is 13.6 Å². The molecule has 6 atom stereocenters. The molecule has 3 aromatic rings. The average Bonchev–Trinajstić information content (AvgIpc) is 3.24. The molecule has 0 aliphatic carbocycles. The summed E-state index contributed by atoms with van der Waals surface area (Å²) in [6.45, 7) is 24.4. The zero-order chi connectivity index (χ0) is 47.3. The molecule has 0 aliphatic heterocycles. The molecule has 2 aromatic heterocycles. The van der Waals surface area contributed by atoms with Gasteiger partial charge in [0, 0.05) is 24.3 Å². The van der Waals surface area contributed by atoms with Crippen molar-refractivity contribution >= 4 is 8.17 Å². The molecule has 0 fully saturated rings. The Balaban J connectivity index is 1.56. The number of hydrogen-bond donors (Lipinski definition) is 0. The highest BCUT2D eigenvalue weighted by molar-refractivity contribution is 7.54. The summed E-state index contributed by atoms with van der Waals surface area (Å²) in [5.74, 6) is 6.32. The Kier molecular flexibility index (Phi) is 29.1. The van der Waals surface area contributed by atoms with E-state index in [1.807, 2.05) is 36.9 Å². The Morgan fingerprint density at radius 3 is 1.00 bits per heavy atom. The number of phosphoric acid groups is 1. The molecule has 2 heterocycles. The highest BCUT2D eigenvalue weighted by atomic mass is 31.2. The van der Waals surface area contributed by atoms with Gasteiger partial charge in [-0.15, -0.1) is 0 Å². The van der Waals surface area contributed by atoms with E-state index in [9.17, 15) is 4.89 Å². The summed E-state index contributed by atoms with van der Waals surface area (Å²) in [6.07, 6.45) is 34.5. The van der Waals surface area contributed by atoms with E-state index in [2.05, 4.69) is 110 Å². The number of rotatable bonds is 38. The van der Waals surface area contributed by atoms with Gasteiger partial charge in [-0.2, -0.15) is 9.05 Å². The Morgan fingerprint density at radius 2 is 0.692 bits per heavy atom. The van der Waals surface area contributed by atoms with Crippen LogP contribution in [0.1, 0.15) is 220 Å². The molecular formula is C58H99N2O4P+2. The van der Waals surface area contributed by atoms with E-state index < -0.39 is 8.17 Å². The van der Waals surface area contributed by atoms with Gasteiger partial charge in [-0.25, -0.2) is 9.97 Å². The Bertz CT molecular complexity index is 1500. The third kappa shape index (κ3) is 27.9. The number of nitrogens with one attached hydrogen (secondary N) is 2. The SMILES string of the molecule is CC(C)CCCC(C)CCCC(C)CCCC(C)CCO[P+]([O-])(OCCC(C)CCCC(C)CCCC(C)CCCC(C)C)Oc1cc(Cc2cc[nH+]cc2)cc(Cc2cc[nH+]cc2)c1. The van der Waals surface area contributed by atoms with Crippen molar-refractivity contribution < 1.29 is 28.4 Å². The molecule has 2 N–H and O–H groups in total. The first-order chi connectivity index (χ1) is 31.2. The van der Waals surface area contributed by atoms with Gasteiger partial charge in [0.25, 0.3) is 0 Å². The minimum atomic E-state index is -3.92. The number of H-pyrrole nitrogens is 2. The van der Waals surface area contributed by atoms with Gasteiger partial charge in [0.2, 0.25) is 0 Å². The number of aromatic nitrogens is 2. The lowest BCUT2D eigenvalue weighted by Gasteiger charge is -2.26. The van der Waals surface area contributed by atoms with Crippen molar-refractivity contribution in [2.75, 3.05) is 13.2 Å². The summed E-state index contributed by atoms with van der Waals surface area (Å²) in [5, 5.41) is 0. The van der Waals surface area contributed by atoms with Crippen LogP contribution in [0, 0.1) is 47.3 Å². The van der Waals surface area contributed by atoms with Crippen molar-refractivity contribution in [3.05, 3.63) is 89.5 Å². The molecule has 0 bridgehead atoms. The quantitative estimate of drug-likeness (QED) is 0.0536. The summed E-state index contributed by atoms with van der Waals surface area (Å²) in [7, 11) is -3.92. The molecule has 368 valence electrons. The van der Waals surface area contributed by atoms with E-state index in [0.29, 0.717) is 30.8 Å². The summed E-state index contributed by atoms with van der Waals surface area (Å²) >= 11 is 0. The van der Waals surface area contributed by atoms with E-state index in [-0.39, 0.29) is 0 Å². The second-order valence-electron chi connectivity index (χ2n) is 21.9. The minimum absolute atomic E-state index is 0.348. The predicted octanol–water partition coefficient (Wildman–Crippen LogP) is 15.9. The van der Waals surface area contributed by atoms with Crippen LogP contribution in [0.5, 0.6) is 5.75 Å². The highest BCUT2D eigenvalue weighted by Crippen LogP contribution is 2.54. The van der Waals surface area contributed by atoms with E-state index >= 15 is 0 Å². The van der Waals surface area contributed by atoms with Crippen LogP contribution in [0.15, 0.2) is 67.3 Å². The Labute approximate surface area is 401 Å². The number of hydrogen-bond acceptors (Lipinski definition) is 4. The van der Waals surface area contributed by atoms with Crippen LogP contribution in [0.25, 0.3) is 0 Å². The first-order valence-electron chi connectivity index (χ1n) is 26.8. The van der Waals surface area contributed by atoms with Crippen molar-refractivity contribution in [2.45, 2.75) is 210 Å². The van der Waals surface area contributed by atoms with Crippen LogP contribution < -0.4 is 19.4 Å². The van der Waals surface area contributed by atoms with Crippen LogP contribution in [-0.2, 0) is 21.9 Å². The van der Waals surface area contributed by atoms with Crippen molar-refractivity contribution in [1.82, 2.24) is 0 Å². The molecule has 0 radical (unpaired) electrons. The van der Waals surface area contributed by atoms with Gasteiger partial charge in [-0.3, -0.25) is 4.52 Å². The third-order valence-corrected chi connectivity index (χ3v) is 15.3.